The summed E-state index contributed by atoms with van der Waals surface area (Å²) >= 11 is 6.56. The number of hydrogen-bond acceptors (Lipinski definition) is 5. The zero-order chi connectivity index (χ0) is 17.0. The summed E-state index contributed by atoms with van der Waals surface area (Å²) < 4.78 is 12.0. The van der Waals surface area contributed by atoms with Crippen molar-refractivity contribution in [1.29, 1.82) is 0 Å². The molecule has 0 aromatic heterocycles. The maximum absolute atomic E-state index is 12.3. The minimum absolute atomic E-state index is 0.0389. The average molecular weight is 351 g/mol. The van der Waals surface area contributed by atoms with Crippen LogP contribution < -0.4 is 9.47 Å². The second-order valence-corrected chi connectivity index (χ2v) is 6.91. The number of nitrogens with zero attached hydrogens (tertiary/aromatic N) is 1. The third-order valence-corrected chi connectivity index (χ3v) is 4.50. The van der Waals surface area contributed by atoms with Gasteiger partial charge < -0.3 is 9.47 Å². The molecule has 0 spiro atoms. The summed E-state index contributed by atoms with van der Waals surface area (Å²) in [5, 5.41) is 0. The van der Waals surface area contributed by atoms with Crippen LogP contribution >= 0.6 is 24.0 Å². The molecule has 1 fully saturated rings. The number of benzene rings is 1. The van der Waals surface area contributed by atoms with Crippen molar-refractivity contribution in [2.24, 2.45) is 0 Å². The summed E-state index contributed by atoms with van der Waals surface area (Å²) in [4.78, 5) is 14.5. The summed E-state index contributed by atoms with van der Waals surface area (Å²) in [5.74, 6) is 1.35. The largest absolute Gasteiger partial charge is 0.490 e. The van der Waals surface area contributed by atoms with Gasteiger partial charge in [-0.1, -0.05) is 30.0 Å². The first-order valence-electron chi connectivity index (χ1n) is 7.65. The predicted octanol–water partition coefficient (Wildman–Crippen LogP) is 4.09. The van der Waals surface area contributed by atoms with Gasteiger partial charge in [0.15, 0.2) is 11.5 Å². The molecule has 0 atom stereocenters. The molecule has 1 aromatic carbocycles. The highest BCUT2D eigenvalue weighted by Gasteiger charge is 2.30. The highest BCUT2D eigenvalue weighted by atomic mass is 32.2. The lowest BCUT2D eigenvalue weighted by molar-refractivity contribution is -0.121. The van der Waals surface area contributed by atoms with Crippen LogP contribution in [0.1, 0.15) is 33.3 Å². The number of carbonyl (C=O) groups excluding carboxylic acids is 1. The molecule has 0 N–H and O–H groups in total. The highest BCUT2D eigenvalue weighted by Crippen LogP contribution is 2.34. The Hall–Kier alpha value is -1.53. The molecule has 124 valence electrons. The molecule has 6 heteroatoms. The van der Waals surface area contributed by atoms with E-state index in [0.29, 0.717) is 33.9 Å². The van der Waals surface area contributed by atoms with Crippen LogP contribution in [0.4, 0.5) is 0 Å². The van der Waals surface area contributed by atoms with Gasteiger partial charge in [0.25, 0.3) is 5.91 Å². The fourth-order valence-electron chi connectivity index (χ4n) is 2.16. The molecule has 23 heavy (non-hydrogen) atoms. The quantitative estimate of drug-likeness (QED) is 0.570. The zero-order valence-corrected chi connectivity index (χ0v) is 15.4. The minimum Gasteiger partial charge on any atom is -0.490 e. The molecule has 1 amide bonds. The molecule has 1 aromatic rings. The van der Waals surface area contributed by atoms with Gasteiger partial charge in [0.2, 0.25) is 0 Å². The lowest BCUT2D eigenvalue weighted by Crippen LogP contribution is -2.27. The second-order valence-electron chi connectivity index (χ2n) is 5.23. The first-order chi connectivity index (χ1) is 11.0. The van der Waals surface area contributed by atoms with Crippen molar-refractivity contribution in [3.05, 3.63) is 28.7 Å². The normalized spacial score (nSPS) is 16.6. The van der Waals surface area contributed by atoms with E-state index >= 15 is 0 Å². The number of carbonyl (C=O) groups is 1. The summed E-state index contributed by atoms with van der Waals surface area (Å²) in [6, 6.07) is 5.68. The number of hydrogen-bond donors (Lipinski definition) is 0. The number of thioether (sulfide) groups is 1. The van der Waals surface area contributed by atoms with Crippen molar-refractivity contribution < 1.29 is 14.3 Å². The predicted molar refractivity (Wildman–Crippen MR) is 98.9 cm³/mol. The summed E-state index contributed by atoms with van der Waals surface area (Å²) in [6.45, 7) is 8.93. The third-order valence-electron chi connectivity index (χ3n) is 3.12. The van der Waals surface area contributed by atoms with E-state index in [0.717, 1.165) is 5.56 Å². The van der Waals surface area contributed by atoms with Crippen LogP contribution in [0.2, 0.25) is 0 Å². The lowest BCUT2D eigenvalue weighted by Gasteiger charge is -2.15. The van der Waals surface area contributed by atoms with E-state index in [1.165, 1.54) is 11.8 Å². The molecular weight excluding hydrogens is 330 g/mol. The Labute approximate surface area is 146 Å². The van der Waals surface area contributed by atoms with Gasteiger partial charge >= 0.3 is 0 Å². The maximum Gasteiger partial charge on any atom is 0.266 e. The fourth-order valence-corrected chi connectivity index (χ4v) is 3.54. The molecule has 1 aliphatic rings. The van der Waals surface area contributed by atoms with Crippen LogP contribution in [0.5, 0.6) is 11.5 Å². The van der Waals surface area contributed by atoms with E-state index in [9.17, 15) is 4.79 Å². The fraction of sp³-hybridized carbons (Fsp3) is 0.412. The van der Waals surface area contributed by atoms with Crippen molar-refractivity contribution in [3.8, 4) is 11.5 Å². The van der Waals surface area contributed by atoms with E-state index in [1.54, 1.807) is 4.90 Å². The maximum atomic E-state index is 12.3. The Morgan fingerprint density at radius 1 is 1.30 bits per heavy atom. The zero-order valence-electron chi connectivity index (χ0n) is 13.8. The summed E-state index contributed by atoms with van der Waals surface area (Å²) in [7, 11) is 0. The van der Waals surface area contributed by atoms with Crippen LogP contribution in [0.25, 0.3) is 6.08 Å². The first kappa shape index (κ1) is 17.8. The van der Waals surface area contributed by atoms with Crippen LogP contribution in [-0.2, 0) is 4.79 Å². The second kappa shape index (κ2) is 7.84. The van der Waals surface area contributed by atoms with Gasteiger partial charge in [0, 0.05) is 6.54 Å². The van der Waals surface area contributed by atoms with E-state index in [2.05, 4.69) is 0 Å². The molecular formula is C17H21NO3S2. The Bertz CT molecular complexity index is 641. The van der Waals surface area contributed by atoms with Crippen LogP contribution in [-0.4, -0.2) is 34.4 Å². The van der Waals surface area contributed by atoms with Gasteiger partial charge in [-0.05, 0) is 51.5 Å². The molecule has 0 saturated carbocycles. The van der Waals surface area contributed by atoms with Crippen LogP contribution in [0, 0.1) is 0 Å². The smallest absolute Gasteiger partial charge is 0.266 e. The SMILES string of the molecule is CCOc1cc(/C=C2\SC(=S)N(CC)C2=O)ccc1OC(C)C. The van der Waals surface area contributed by atoms with Crippen molar-refractivity contribution in [3.63, 3.8) is 0 Å². The Morgan fingerprint density at radius 2 is 2.04 bits per heavy atom. The van der Waals surface area contributed by atoms with Crippen molar-refractivity contribution in [1.82, 2.24) is 4.90 Å². The number of rotatable bonds is 6. The number of likely N-dealkylation sites (N-methyl/N-ethyl adjacent to an activating group) is 1. The standard InChI is InChI=1S/C17H21NO3S2/c1-5-18-16(19)15(23-17(18)22)10-12-7-8-13(21-11(3)4)14(9-12)20-6-2/h7-11H,5-6H2,1-4H3/b15-10-. The molecule has 0 unspecified atom stereocenters. The van der Waals surface area contributed by atoms with Crippen LogP contribution in [0.15, 0.2) is 23.1 Å². The van der Waals surface area contributed by atoms with Crippen LogP contribution in [0.3, 0.4) is 0 Å². The van der Waals surface area contributed by atoms with E-state index in [4.69, 9.17) is 21.7 Å². The molecule has 4 nitrogen and oxygen atoms in total. The number of thiocarbonyl (C=S) groups is 1. The van der Waals surface area contributed by atoms with Gasteiger partial charge in [0.05, 0.1) is 17.6 Å². The van der Waals surface area contributed by atoms with Crippen molar-refractivity contribution in [2.75, 3.05) is 13.2 Å². The number of ether oxygens (including phenoxy) is 2. The minimum atomic E-state index is -0.0389. The molecule has 0 aliphatic carbocycles. The topological polar surface area (TPSA) is 38.8 Å². The van der Waals surface area contributed by atoms with Gasteiger partial charge in [-0.25, -0.2) is 0 Å². The van der Waals surface area contributed by atoms with Crippen molar-refractivity contribution >= 4 is 40.3 Å². The third kappa shape index (κ3) is 4.26. The molecule has 1 saturated heterocycles. The molecule has 1 aliphatic heterocycles. The molecule has 2 rings (SSSR count). The Morgan fingerprint density at radius 3 is 2.61 bits per heavy atom. The monoisotopic (exact) mass is 351 g/mol. The molecule has 1 heterocycles. The summed E-state index contributed by atoms with van der Waals surface area (Å²) in [6.07, 6.45) is 1.91. The highest BCUT2D eigenvalue weighted by molar-refractivity contribution is 8.26. The summed E-state index contributed by atoms with van der Waals surface area (Å²) in [5.41, 5.74) is 0.890. The van der Waals surface area contributed by atoms with Crippen molar-refractivity contribution in [2.45, 2.75) is 33.8 Å². The Balaban J connectivity index is 2.30. The lowest BCUT2D eigenvalue weighted by atomic mass is 10.2. The Kier molecular flexibility index (Phi) is 6.07. The average Bonchev–Trinajstić information content (AvgIpc) is 2.75. The van der Waals surface area contributed by atoms with E-state index < -0.39 is 0 Å². The van der Waals surface area contributed by atoms with Gasteiger partial charge in [0.1, 0.15) is 4.32 Å². The van der Waals surface area contributed by atoms with E-state index in [-0.39, 0.29) is 12.0 Å². The first-order valence-corrected chi connectivity index (χ1v) is 8.87. The van der Waals surface area contributed by atoms with Gasteiger partial charge in [-0.15, -0.1) is 0 Å². The van der Waals surface area contributed by atoms with Gasteiger partial charge in [-0.2, -0.15) is 0 Å². The molecule has 0 radical (unpaired) electrons. The molecule has 0 bridgehead atoms. The van der Waals surface area contributed by atoms with Gasteiger partial charge in [-0.3, -0.25) is 9.69 Å². The van der Waals surface area contributed by atoms with E-state index in [1.807, 2.05) is 52.0 Å². The number of amides is 1.